The van der Waals surface area contributed by atoms with Gasteiger partial charge < -0.3 is 5.73 Å². The van der Waals surface area contributed by atoms with Gasteiger partial charge in [0.1, 0.15) is 4.90 Å². The molecule has 0 bridgehead atoms. The van der Waals surface area contributed by atoms with Gasteiger partial charge in [-0.25, -0.2) is 13.1 Å². The molecule has 1 aromatic carbocycles. The van der Waals surface area contributed by atoms with Crippen LogP contribution in [0.25, 0.3) is 0 Å². The summed E-state index contributed by atoms with van der Waals surface area (Å²) in [4.78, 5) is 0.154. The molecule has 2 unspecified atom stereocenters. The molecule has 1 saturated carbocycles. The maximum atomic E-state index is 12.2. The monoisotopic (exact) mass is 346 g/mol. The van der Waals surface area contributed by atoms with Crippen molar-refractivity contribution in [2.75, 3.05) is 12.3 Å². The van der Waals surface area contributed by atoms with Crippen LogP contribution in [0, 0.1) is 11.8 Å². The topological polar surface area (TPSA) is 72.2 Å². The van der Waals surface area contributed by atoms with Crippen molar-refractivity contribution in [1.29, 1.82) is 0 Å². The van der Waals surface area contributed by atoms with Gasteiger partial charge in [-0.15, -0.1) is 0 Å². The highest BCUT2D eigenvalue weighted by atomic mass is 79.9. The second-order valence-electron chi connectivity index (χ2n) is 5.32. The quantitative estimate of drug-likeness (QED) is 0.823. The fraction of sp³-hybridized carbons (Fsp3) is 0.538. The van der Waals surface area contributed by atoms with Crippen molar-refractivity contribution in [3.63, 3.8) is 0 Å². The molecule has 0 aromatic heterocycles. The maximum absolute atomic E-state index is 12.2. The maximum Gasteiger partial charge on any atom is 0.242 e. The van der Waals surface area contributed by atoms with Gasteiger partial charge in [-0.1, -0.05) is 29.3 Å². The SMILES string of the molecule is CC1CCC(CNS(=O)(=O)c2ccc(Br)cc2N)C1. The Kier molecular flexibility index (Phi) is 4.53. The van der Waals surface area contributed by atoms with Gasteiger partial charge in [0, 0.05) is 11.0 Å². The van der Waals surface area contributed by atoms with Gasteiger partial charge in [0.15, 0.2) is 0 Å². The van der Waals surface area contributed by atoms with Crippen molar-refractivity contribution in [3.05, 3.63) is 22.7 Å². The fourth-order valence-corrected chi connectivity index (χ4v) is 4.19. The van der Waals surface area contributed by atoms with Crippen molar-refractivity contribution >= 4 is 31.6 Å². The molecule has 1 aromatic rings. The second-order valence-corrected chi connectivity index (χ2v) is 7.97. The number of sulfonamides is 1. The van der Waals surface area contributed by atoms with E-state index in [9.17, 15) is 8.42 Å². The molecule has 0 amide bonds. The molecule has 6 heteroatoms. The molecule has 0 spiro atoms. The Labute approximate surface area is 122 Å². The number of nitrogens with two attached hydrogens (primary N) is 1. The minimum Gasteiger partial charge on any atom is -0.398 e. The predicted molar refractivity (Wildman–Crippen MR) is 80.2 cm³/mol. The van der Waals surface area contributed by atoms with E-state index in [1.807, 2.05) is 0 Å². The zero-order chi connectivity index (χ0) is 14.0. The molecule has 3 N–H and O–H groups in total. The number of hydrogen-bond acceptors (Lipinski definition) is 3. The summed E-state index contributed by atoms with van der Waals surface area (Å²) >= 11 is 3.27. The molecule has 1 aliphatic carbocycles. The van der Waals surface area contributed by atoms with E-state index in [0.29, 0.717) is 18.4 Å². The molecule has 0 saturated heterocycles. The number of nitrogen functional groups attached to an aromatic ring is 1. The van der Waals surface area contributed by atoms with Crippen LogP contribution < -0.4 is 10.5 Å². The molecule has 0 radical (unpaired) electrons. The molecular formula is C13H19BrN2O2S. The largest absolute Gasteiger partial charge is 0.398 e. The number of anilines is 1. The van der Waals surface area contributed by atoms with Crippen molar-refractivity contribution in [3.8, 4) is 0 Å². The number of halogens is 1. The van der Waals surface area contributed by atoms with Crippen LogP contribution in [0.1, 0.15) is 26.2 Å². The molecule has 0 heterocycles. The summed E-state index contributed by atoms with van der Waals surface area (Å²) in [5.74, 6) is 1.15. The summed E-state index contributed by atoms with van der Waals surface area (Å²) in [6.45, 7) is 2.71. The van der Waals surface area contributed by atoms with E-state index in [0.717, 1.165) is 17.3 Å². The first-order valence-electron chi connectivity index (χ1n) is 6.43. The third-order valence-corrected chi connectivity index (χ3v) is 5.62. The second kappa shape index (κ2) is 5.81. The molecule has 2 atom stereocenters. The minimum atomic E-state index is -3.51. The van der Waals surface area contributed by atoms with Gasteiger partial charge in [0.25, 0.3) is 0 Å². The minimum absolute atomic E-state index is 0.154. The van der Waals surface area contributed by atoms with E-state index in [4.69, 9.17) is 5.73 Å². The molecule has 1 aliphatic rings. The smallest absolute Gasteiger partial charge is 0.242 e. The molecule has 1 fully saturated rings. The Bertz CT molecular complexity index is 560. The van der Waals surface area contributed by atoms with Crippen molar-refractivity contribution in [2.45, 2.75) is 31.1 Å². The van der Waals surface area contributed by atoms with E-state index in [-0.39, 0.29) is 10.6 Å². The average molecular weight is 347 g/mol. The van der Waals surface area contributed by atoms with Gasteiger partial charge in [-0.05, 0) is 42.9 Å². The number of benzene rings is 1. The summed E-state index contributed by atoms with van der Waals surface area (Å²) in [5, 5.41) is 0. The first-order chi connectivity index (χ1) is 8.88. The van der Waals surface area contributed by atoms with E-state index < -0.39 is 10.0 Å². The summed E-state index contributed by atoms with van der Waals surface area (Å²) in [5.41, 5.74) is 6.03. The van der Waals surface area contributed by atoms with E-state index in [2.05, 4.69) is 27.6 Å². The number of nitrogens with one attached hydrogen (secondary N) is 1. The van der Waals surface area contributed by atoms with Crippen LogP contribution in [0.4, 0.5) is 5.69 Å². The highest BCUT2D eigenvalue weighted by Gasteiger charge is 2.24. The van der Waals surface area contributed by atoms with E-state index in [1.165, 1.54) is 12.5 Å². The van der Waals surface area contributed by atoms with Gasteiger partial charge >= 0.3 is 0 Å². The summed E-state index contributed by atoms with van der Waals surface area (Å²) < 4.78 is 27.8. The van der Waals surface area contributed by atoms with Gasteiger partial charge in [0.05, 0.1) is 5.69 Å². The van der Waals surface area contributed by atoms with Gasteiger partial charge in [-0.2, -0.15) is 0 Å². The Morgan fingerprint density at radius 1 is 1.42 bits per heavy atom. The van der Waals surface area contributed by atoms with Gasteiger partial charge in [-0.3, -0.25) is 0 Å². The molecular weight excluding hydrogens is 328 g/mol. The summed E-state index contributed by atoms with van der Waals surface area (Å²) in [7, 11) is -3.51. The van der Waals surface area contributed by atoms with Crippen molar-refractivity contribution in [1.82, 2.24) is 4.72 Å². The lowest BCUT2D eigenvalue weighted by molar-refractivity contribution is 0.498. The third-order valence-electron chi connectivity index (χ3n) is 3.63. The van der Waals surface area contributed by atoms with Crippen LogP contribution in [0.15, 0.2) is 27.6 Å². The van der Waals surface area contributed by atoms with Crippen LogP contribution in [0.5, 0.6) is 0 Å². The van der Waals surface area contributed by atoms with Gasteiger partial charge in [0.2, 0.25) is 10.0 Å². The predicted octanol–water partition coefficient (Wildman–Crippen LogP) is 2.75. The van der Waals surface area contributed by atoms with Crippen LogP contribution in [0.3, 0.4) is 0 Å². The van der Waals surface area contributed by atoms with Crippen molar-refractivity contribution in [2.24, 2.45) is 11.8 Å². The Morgan fingerprint density at radius 2 is 2.16 bits per heavy atom. The lowest BCUT2D eigenvalue weighted by atomic mass is 10.1. The highest BCUT2D eigenvalue weighted by molar-refractivity contribution is 9.10. The molecule has 19 heavy (non-hydrogen) atoms. The van der Waals surface area contributed by atoms with Crippen LogP contribution >= 0.6 is 15.9 Å². The average Bonchev–Trinajstić information content (AvgIpc) is 2.72. The van der Waals surface area contributed by atoms with Crippen LogP contribution in [-0.2, 0) is 10.0 Å². The number of hydrogen-bond donors (Lipinski definition) is 2. The summed E-state index contributed by atoms with van der Waals surface area (Å²) in [6.07, 6.45) is 3.38. The Balaban J connectivity index is 2.06. The fourth-order valence-electron chi connectivity index (χ4n) is 2.58. The standard InChI is InChI=1S/C13H19BrN2O2S/c1-9-2-3-10(6-9)8-16-19(17,18)13-5-4-11(14)7-12(13)15/h4-5,7,9-10,16H,2-3,6,8,15H2,1H3. The molecule has 106 valence electrons. The molecule has 0 aliphatic heterocycles. The lowest BCUT2D eigenvalue weighted by Gasteiger charge is -2.13. The van der Waals surface area contributed by atoms with E-state index >= 15 is 0 Å². The Morgan fingerprint density at radius 3 is 2.74 bits per heavy atom. The van der Waals surface area contributed by atoms with Crippen LogP contribution in [0.2, 0.25) is 0 Å². The summed E-state index contributed by atoms with van der Waals surface area (Å²) in [6, 6.07) is 4.81. The zero-order valence-electron chi connectivity index (χ0n) is 10.9. The first-order valence-corrected chi connectivity index (χ1v) is 8.71. The Hall–Kier alpha value is -0.590. The molecule has 4 nitrogen and oxygen atoms in total. The van der Waals surface area contributed by atoms with E-state index in [1.54, 1.807) is 12.1 Å². The lowest BCUT2D eigenvalue weighted by Crippen LogP contribution is -2.29. The normalized spacial score (nSPS) is 23.7. The van der Waals surface area contributed by atoms with Crippen LogP contribution in [-0.4, -0.2) is 15.0 Å². The molecule has 2 rings (SSSR count). The highest BCUT2D eigenvalue weighted by Crippen LogP contribution is 2.30. The first kappa shape index (κ1) is 14.8. The third kappa shape index (κ3) is 3.70. The number of rotatable bonds is 4. The van der Waals surface area contributed by atoms with Crippen molar-refractivity contribution < 1.29 is 8.42 Å². The zero-order valence-corrected chi connectivity index (χ0v) is 13.3.